The lowest BCUT2D eigenvalue weighted by Crippen LogP contribution is -2.15. The van der Waals surface area contributed by atoms with E-state index in [1.165, 1.54) is 12.1 Å². The van der Waals surface area contributed by atoms with Crippen LogP contribution in [0.1, 0.15) is 13.3 Å². The van der Waals surface area contributed by atoms with Crippen molar-refractivity contribution in [1.82, 2.24) is 5.32 Å². The summed E-state index contributed by atoms with van der Waals surface area (Å²) >= 11 is 0. The van der Waals surface area contributed by atoms with Gasteiger partial charge in [-0.05, 0) is 12.1 Å². The van der Waals surface area contributed by atoms with Gasteiger partial charge < -0.3 is 5.32 Å². The van der Waals surface area contributed by atoms with Crippen molar-refractivity contribution < 1.29 is 9.18 Å². The Hall–Kier alpha value is -1.38. The van der Waals surface area contributed by atoms with E-state index >= 15 is 0 Å². The molecule has 0 radical (unpaired) electrons. The summed E-state index contributed by atoms with van der Waals surface area (Å²) in [7, 11) is 1.63. The van der Waals surface area contributed by atoms with E-state index in [0.29, 0.717) is 6.42 Å². The van der Waals surface area contributed by atoms with Crippen molar-refractivity contribution in [2.24, 2.45) is 0 Å². The molecule has 1 amide bonds. The van der Waals surface area contributed by atoms with Gasteiger partial charge in [0, 0.05) is 13.5 Å². The number of amides is 1. The number of carbonyl (C=O) groups is 1. The third-order valence-corrected chi connectivity index (χ3v) is 1.33. The normalized spacial score (nSPS) is 8.23. The molecule has 2 nitrogen and oxygen atoms in total. The van der Waals surface area contributed by atoms with Gasteiger partial charge in [-0.1, -0.05) is 25.1 Å². The summed E-state index contributed by atoms with van der Waals surface area (Å²) < 4.78 is 11.9. The van der Waals surface area contributed by atoms with E-state index in [1.807, 2.05) is 6.92 Å². The van der Waals surface area contributed by atoms with Crippen molar-refractivity contribution in [1.29, 1.82) is 0 Å². The van der Waals surface area contributed by atoms with Crippen LogP contribution in [-0.2, 0) is 4.79 Å². The summed E-state index contributed by atoms with van der Waals surface area (Å²) in [5.74, 6) is -0.0856. The molecular formula is C10H14FNO. The largest absolute Gasteiger partial charge is 0.359 e. The van der Waals surface area contributed by atoms with Gasteiger partial charge in [0.2, 0.25) is 5.91 Å². The highest BCUT2D eigenvalue weighted by Gasteiger charge is 1.84. The zero-order chi connectivity index (χ0) is 10.1. The Kier molecular flexibility index (Phi) is 6.51. The molecule has 0 bridgehead atoms. The Balaban J connectivity index is 0.000000226. The van der Waals surface area contributed by atoms with Crippen molar-refractivity contribution in [2.75, 3.05) is 7.05 Å². The zero-order valence-corrected chi connectivity index (χ0v) is 7.88. The average molecular weight is 183 g/mol. The van der Waals surface area contributed by atoms with Crippen molar-refractivity contribution in [3.63, 3.8) is 0 Å². The number of nitrogens with one attached hydrogen (secondary N) is 1. The van der Waals surface area contributed by atoms with Gasteiger partial charge in [-0.15, -0.1) is 0 Å². The summed E-state index contributed by atoms with van der Waals surface area (Å²) in [4.78, 5) is 10.1. The van der Waals surface area contributed by atoms with Crippen LogP contribution in [0.3, 0.4) is 0 Å². The van der Waals surface area contributed by atoms with Crippen LogP contribution in [0.25, 0.3) is 0 Å². The molecule has 0 saturated heterocycles. The van der Waals surface area contributed by atoms with Crippen LogP contribution in [0.5, 0.6) is 0 Å². The van der Waals surface area contributed by atoms with Crippen LogP contribution in [0.4, 0.5) is 4.39 Å². The smallest absolute Gasteiger partial charge is 0.219 e. The SMILES string of the molecule is CCC(=O)NC.Fc1ccccc1. The zero-order valence-electron chi connectivity index (χ0n) is 7.88. The first-order valence-corrected chi connectivity index (χ1v) is 4.11. The van der Waals surface area contributed by atoms with Crippen LogP contribution in [0.15, 0.2) is 30.3 Å². The van der Waals surface area contributed by atoms with Gasteiger partial charge in [0.05, 0.1) is 0 Å². The van der Waals surface area contributed by atoms with E-state index < -0.39 is 0 Å². The molecule has 72 valence electrons. The number of halogens is 1. The first-order valence-electron chi connectivity index (χ1n) is 4.11. The second-order valence-electron chi connectivity index (χ2n) is 2.32. The summed E-state index contributed by atoms with van der Waals surface area (Å²) in [6.45, 7) is 1.82. The molecule has 0 atom stereocenters. The second kappa shape index (κ2) is 7.28. The first-order chi connectivity index (χ1) is 6.20. The Labute approximate surface area is 77.8 Å². The predicted octanol–water partition coefficient (Wildman–Crippen LogP) is 1.97. The molecule has 0 spiro atoms. The molecule has 0 aromatic heterocycles. The van der Waals surface area contributed by atoms with E-state index in [2.05, 4.69) is 5.32 Å². The Morgan fingerprint density at radius 3 is 2.08 bits per heavy atom. The molecule has 13 heavy (non-hydrogen) atoms. The van der Waals surface area contributed by atoms with Crippen molar-refractivity contribution >= 4 is 5.91 Å². The highest BCUT2D eigenvalue weighted by molar-refractivity contribution is 5.74. The molecule has 0 aliphatic rings. The minimum atomic E-state index is -0.178. The number of benzene rings is 1. The van der Waals surface area contributed by atoms with Gasteiger partial charge in [0.15, 0.2) is 0 Å². The molecule has 0 heterocycles. The fourth-order valence-electron chi connectivity index (χ4n) is 0.591. The highest BCUT2D eigenvalue weighted by Crippen LogP contribution is 1.91. The minimum absolute atomic E-state index is 0.0926. The van der Waals surface area contributed by atoms with Crippen molar-refractivity contribution in [2.45, 2.75) is 13.3 Å². The monoisotopic (exact) mass is 183 g/mol. The minimum Gasteiger partial charge on any atom is -0.359 e. The van der Waals surface area contributed by atoms with E-state index in [9.17, 15) is 9.18 Å². The quantitative estimate of drug-likeness (QED) is 0.708. The van der Waals surface area contributed by atoms with Crippen molar-refractivity contribution in [3.8, 4) is 0 Å². The third kappa shape index (κ3) is 7.00. The molecule has 1 rings (SSSR count). The van der Waals surface area contributed by atoms with E-state index in [0.717, 1.165) is 0 Å². The topological polar surface area (TPSA) is 29.1 Å². The number of hydrogen-bond acceptors (Lipinski definition) is 1. The maximum atomic E-state index is 11.9. The molecule has 3 heteroatoms. The van der Waals surface area contributed by atoms with Crippen LogP contribution >= 0.6 is 0 Å². The van der Waals surface area contributed by atoms with Crippen molar-refractivity contribution in [3.05, 3.63) is 36.1 Å². The fraction of sp³-hybridized carbons (Fsp3) is 0.300. The van der Waals surface area contributed by atoms with Gasteiger partial charge in [-0.3, -0.25) is 4.79 Å². The molecular weight excluding hydrogens is 169 g/mol. The highest BCUT2D eigenvalue weighted by atomic mass is 19.1. The summed E-state index contributed by atoms with van der Waals surface area (Å²) in [5, 5.41) is 2.48. The fourth-order valence-corrected chi connectivity index (χ4v) is 0.591. The van der Waals surface area contributed by atoms with Crippen LogP contribution < -0.4 is 5.32 Å². The molecule has 1 aromatic rings. The maximum Gasteiger partial charge on any atom is 0.219 e. The third-order valence-electron chi connectivity index (χ3n) is 1.33. The van der Waals surface area contributed by atoms with Crippen LogP contribution in [0, 0.1) is 5.82 Å². The number of hydrogen-bond donors (Lipinski definition) is 1. The second-order valence-corrected chi connectivity index (χ2v) is 2.32. The summed E-state index contributed by atoms with van der Waals surface area (Å²) in [6.07, 6.45) is 0.580. The van der Waals surface area contributed by atoms with Crippen LogP contribution in [0.2, 0.25) is 0 Å². The lowest BCUT2D eigenvalue weighted by molar-refractivity contribution is -0.120. The molecule has 1 aromatic carbocycles. The summed E-state index contributed by atoms with van der Waals surface area (Å²) in [6, 6.07) is 7.94. The Morgan fingerprint density at radius 2 is 1.92 bits per heavy atom. The molecule has 0 saturated carbocycles. The van der Waals surface area contributed by atoms with E-state index in [4.69, 9.17) is 0 Å². The predicted molar refractivity (Wildman–Crippen MR) is 50.8 cm³/mol. The van der Waals surface area contributed by atoms with Gasteiger partial charge >= 0.3 is 0 Å². The van der Waals surface area contributed by atoms with Gasteiger partial charge in [0.25, 0.3) is 0 Å². The molecule has 0 fully saturated rings. The maximum absolute atomic E-state index is 11.9. The standard InChI is InChI=1S/C6H5F.C4H9NO/c7-6-4-2-1-3-5-6;1-3-4(6)5-2/h1-5H;3H2,1-2H3,(H,5,6). The molecule has 0 unspecified atom stereocenters. The van der Waals surface area contributed by atoms with Gasteiger partial charge in [-0.2, -0.15) is 0 Å². The summed E-state index contributed by atoms with van der Waals surface area (Å²) in [5.41, 5.74) is 0. The van der Waals surface area contributed by atoms with Gasteiger partial charge in [-0.25, -0.2) is 4.39 Å². The van der Waals surface area contributed by atoms with Gasteiger partial charge in [0.1, 0.15) is 5.82 Å². The molecule has 0 aliphatic carbocycles. The Morgan fingerprint density at radius 1 is 1.38 bits per heavy atom. The molecule has 0 aliphatic heterocycles. The number of rotatable bonds is 1. The lowest BCUT2D eigenvalue weighted by atomic mass is 10.4. The van der Waals surface area contributed by atoms with Crippen LogP contribution in [-0.4, -0.2) is 13.0 Å². The number of carbonyl (C=O) groups excluding carboxylic acids is 1. The van der Waals surface area contributed by atoms with E-state index in [1.54, 1.807) is 25.2 Å². The molecule has 1 N–H and O–H groups in total. The Bertz CT molecular complexity index is 230. The average Bonchev–Trinajstić information content (AvgIpc) is 2.19. The van der Waals surface area contributed by atoms with E-state index in [-0.39, 0.29) is 11.7 Å². The lowest BCUT2D eigenvalue weighted by Gasteiger charge is -1.87. The first kappa shape index (κ1) is 11.6.